The van der Waals surface area contributed by atoms with Crippen molar-refractivity contribution in [1.29, 1.82) is 0 Å². The van der Waals surface area contributed by atoms with Crippen LogP contribution in [0.15, 0.2) is 24.3 Å². The zero-order valence-corrected chi connectivity index (χ0v) is 20.3. The molecule has 2 aliphatic rings. The van der Waals surface area contributed by atoms with Crippen molar-refractivity contribution in [2.24, 2.45) is 5.92 Å². The normalized spacial score (nSPS) is 23.9. The zero-order valence-electron chi connectivity index (χ0n) is 20.3. The first-order valence-electron chi connectivity index (χ1n) is 11.8. The SMILES string of the molecule is CCCC(C)NC(=O)C1CCCN(CC(=O)NN2C(=O)NC(C)(c3ccc(OC)cc3)C2=O)C1. The molecule has 10 nitrogen and oxygen atoms in total. The number of hydrogen-bond acceptors (Lipinski definition) is 6. The fraction of sp³-hybridized carbons (Fsp3) is 0.583. The summed E-state index contributed by atoms with van der Waals surface area (Å²) in [5, 5.41) is 6.43. The Morgan fingerprint density at radius 3 is 2.62 bits per heavy atom. The highest BCUT2D eigenvalue weighted by Gasteiger charge is 2.50. The first kappa shape index (κ1) is 25.5. The average Bonchev–Trinajstić information content (AvgIpc) is 3.03. The smallest absolute Gasteiger partial charge is 0.344 e. The number of likely N-dealkylation sites (tertiary alicyclic amines) is 1. The molecule has 3 unspecified atom stereocenters. The van der Waals surface area contributed by atoms with Crippen molar-refractivity contribution in [2.45, 2.75) is 58.0 Å². The zero-order chi connectivity index (χ0) is 24.9. The van der Waals surface area contributed by atoms with Gasteiger partial charge in [0.25, 0.3) is 11.8 Å². The maximum atomic E-state index is 13.0. The van der Waals surface area contributed by atoms with Crippen LogP contribution in [-0.2, 0) is 19.9 Å². The van der Waals surface area contributed by atoms with Crippen LogP contribution in [0.2, 0.25) is 0 Å². The highest BCUT2D eigenvalue weighted by Crippen LogP contribution is 2.29. The molecular weight excluding hydrogens is 438 g/mol. The van der Waals surface area contributed by atoms with Gasteiger partial charge in [0.05, 0.1) is 19.6 Å². The van der Waals surface area contributed by atoms with Crippen molar-refractivity contribution in [3.05, 3.63) is 29.8 Å². The van der Waals surface area contributed by atoms with E-state index in [1.807, 2.05) is 11.8 Å². The molecule has 3 rings (SSSR count). The molecule has 2 aliphatic heterocycles. The Morgan fingerprint density at radius 1 is 1.26 bits per heavy atom. The summed E-state index contributed by atoms with van der Waals surface area (Å²) in [5.74, 6) is -0.603. The number of hydrogen-bond donors (Lipinski definition) is 3. The molecule has 5 amide bonds. The number of amides is 5. The molecule has 34 heavy (non-hydrogen) atoms. The lowest BCUT2D eigenvalue weighted by molar-refractivity contribution is -0.139. The Hall–Kier alpha value is -3.14. The fourth-order valence-corrected chi connectivity index (χ4v) is 4.50. The Morgan fingerprint density at radius 2 is 1.97 bits per heavy atom. The van der Waals surface area contributed by atoms with E-state index in [0.717, 1.165) is 30.7 Å². The van der Waals surface area contributed by atoms with Gasteiger partial charge in [-0.15, -0.1) is 0 Å². The van der Waals surface area contributed by atoms with Gasteiger partial charge in [0.1, 0.15) is 11.3 Å². The second-order valence-corrected chi connectivity index (χ2v) is 9.23. The summed E-state index contributed by atoms with van der Waals surface area (Å²) in [7, 11) is 1.54. The molecule has 1 aromatic carbocycles. The molecule has 0 aromatic heterocycles. The van der Waals surface area contributed by atoms with Gasteiger partial charge in [-0.05, 0) is 57.4 Å². The third-order valence-corrected chi connectivity index (χ3v) is 6.45. The van der Waals surface area contributed by atoms with Crippen molar-refractivity contribution >= 4 is 23.8 Å². The van der Waals surface area contributed by atoms with E-state index in [1.54, 1.807) is 38.3 Å². The molecule has 3 N–H and O–H groups in total. The second-order valence-electron chi connectivity index (χ2n) is 9.23. The van der Waals surface area contributed by atoms with E-state index in [-0.39, 0.29) is 24.4 Å². The first-order valence-corrected chi connectivity index (χ1v) is 11.8. The number of piperidine rings is 1. The molecule has 186 valence electrons. The summed E-state index contributed by atoms with van der Waals surface area (Å²) in [6, 6.07) is 6.22. The van der Waals surface area contributed by atoms with Gasteiger partial charge in [-0.2, -0.15) is 5.01 Å². The van der Waals surface area contributed by atoms with Gasteiger partial charge in [-0.3, -0.25) is 24.7 Å². The minimum absolute atomic E-state index is 0.00932. The third kappa shape index (κ3) is 5.67. The molecule has 2 fully saturated rings. The lowest BCUT2D eigenvalue weighted by Crippen LogP contribution is -2.52. The topological polar surface area (TPSA) is 120 Å². The standard InChI is InChI=1S/C24H35N5O5/c1-5-7-16(2)25-21(31)17-8-6-13-28(14-17)15-20(30)27-29-22(32)24(3,26-23(29)33)18-9-11-19(34-4)12-10-18/h9-12,16-17H,5-8,13-15H2,1-4H3,(H,25,31)(H,26,33)(H,27,30). The Balaban J connectivity index is 1.57. The summed E-state index contributed by atoms with van der Waals surface area (Å²) in [4.78, 5) is 52.7. The van der Waals surface area contributed by atoms with Gasteiger partial charge in [0, 0.05) is 12.6 Å². The molecule has 0 spiro atoms. The van der Waals surface area contributed by atoms with E-state index in [2.05, 4.69) is 23.0 Å². The van der Waals surface area contributed by atoms with Crippen molar-refractivity contribution in [2.75, 3.05) is 26.7 Å². The van der Waals surface area contributed by atoms with Crippen LogP contribution in [0.5, 0.6) is 5.75 Å². The number of nitrogens with one attached hydrogen (secondary N) is 3. The van der Waals surface area contributed by atoms with Crippen molar-refractivity contribution in [3.63, 3.8) is 0 Å². The number of carbonyl (C=O) groups is 4. The summed E-state index contributed by atoms with van der Waals surface area (Å²) in [6.45, 7) is 6.79. The molecule has 0 saturated carbocycles. The minimum Gasteiger partial charge on any atom is -0.497 e. The molecule has 0 aliphatic carbocycles. The minimum atomic E-state index is -1.31. The third-order valence-electron chi connectivity index (χ3n) is 6.45. The molecular formula is C24H35N5O5. The van der Waals surface area contributed by atoms with Crippen molar-refractivity contribution < 1.29 is 23.9 Å². The Bertz CT molecular complexity index is 921. The number of ether oxygens (including phenoxy) is 1. The average molecular weight is 474 g/mol. The van der Waals surface area contributed by atoms with Gasteiger partial charge in [-0.25, -0.2) is 4.79 Å². The van der Waals surface area contributed by atoms with E-state index >= 15 is 0 Å². The van der Waals surface area contributed by atoms with Crippen LogP contribution in [0, 0.1) is 5.92 Å². The molecule has 2 saturated heterocycles. The monoisotopic (exact) mass is 473 g/mol. The Labute approximate surface area is 200 Å². The fourth-order valence-electron chi connectivity index (χ4n) is 4.50. The number of rotatable bonds is 9. The van der Waals surface area contributed by atoms with Crippen LogP contribution < -0.4 is 20.8 Å². The quantitative estimate of drug-likeness (QED) is 0.468. The maximum Gasteiger partial charge on any atom is 0.344 e. The summed E-state index contributed by atoms with van der Waals surface area (Å²) < 4.78 is 5.14. The second kappa shape index (κ2) is 10.9. The molecule has 2 heterocycles. The van der Waals surface area contributed by atoms with Crippen LogP contribution in [-0.4, -0.2) is 66.4 Å². The molecule has 10 heteroatoms. The van der Waals surface area contributed by atoms with Gasteiger partial charge in [0.2, 0.25) is 5.91 Å². The molecule has 1 aromatic rings. The summed E-state index contributed by atoms with van der Waals surface area (Å²) in [6.07, 6.45) is 3.49. The van der Waals surface area contributed by atoms with Crippen LogP contribution in [0.1, 0.15) is 52.0 Å². The highest BCUT2D eigenvalue weighted by molar-refractivity contribution is 6.08. The van der Waals surface area contributed by atoms with E-state index in [0.29, 0.717) is 24.4 Å². The van der Waals surface area contributed by atoms with Gasteiger partial charge < -0.3 is 15.4 Å². The Kier molecular flexibility index (Phi) is 8.14. The lowest BCUT2D eigenvalue weighted by atomic mass is 9.92. The number of benzene rings is 1. The van der Waals surface area contributed by atoms with E-state index in [9.17, 15) is 19.2 Å². The molecule has 0 radical (unpaired) electrons. The van der Waals surface area contributed by atoms with E-state index in [4.69, 9.17) is 4.74 Å². The largest absolute Gasteiger partial charge is 0.497 e. The maximum absolute atomic E-state index is 13.0. The van der Waals surface area contributed by atoms with Crippen LogP contribution >= 0.6 is 0 Å². The summed E-state index contributed by atoms with van der Waals surface area (Å²) >= 11 is 0. The van der Waals surface area contributed by atoms with Crippen molar-refractivity contribution in [3.8, 4) is 5.75 Å². The molecule has 3 atom stereocenters. The van der Waals surface area contributed by atoms with Crippen LogP contribution in [0.4, 0.5) is 4.79 Å². The van der Waals surface area contributed by atoms with Gasteiger partial charge in [-0.1, -0.05) is 25.5 Å². The van der Waals surface area contributed by atoms with Crippen LogP contribution in [0.25, 0.3) is 0 Å². The predicted octanol–water partition coefficient (Wildman–Crippen LogP) is 1.51. The van der Waals surface area contributed by atoms with E-state index < -0.39 is 23.4 Å². The number of imide groups is 1. The highest BCUT2D eigenvalue weighted by atomic mass is 16.5. The van der Waals surface area contributed by atoms with E-state index in [1.165, 1.54) is 0 Å². The molecule has 0 bridgehead atoms. The predicted molar refractivity (Wildman–Crippen MR) is 126 cm³/mol. The number of urea groups is 1. The number of carbonyl (C=O) groups excluding carboxylic acids is 4. The van der Waals surface area contributed by atoms with Gasteiger partial charge >= 0.3 is 6.03 Å². The first-order chi connectivity index (χ1) is 16.2. The lowest BCUT2D eigenvalue weighted by Gasteiger charge is -2.32. The number of nitrogens with zero attached hydrogens (tertiary/aromatic N) is 2. The summed E-state index contributed by atoms with van der Waals surface area (Å²) in [5.41, 5.74) is 1.70. The van der Waals surface area contributed by atoms with Gasteiger partial charge in [0.15, 0.2) is 0 Å². The van der Waals surface area contributed by atoms with Crippen molar-refractivity contribution in [1.82, 2.24) is 26.0 Å². The van der Waals surface area contributed by atoms with Crippen LogP contribution in [0.3, 0.4) is 0 Å². The number of methoxy groups -OCH3 is 1. The number of hydrazine groups is 1.